The fourth-order valence-electron chi connectivity index (χ4n) is 3.63. The van der Waals surface area contributed by atoms with E-state index in [9.17, 15) is 0 Å². The molecule has 5 rings (SSSR count). The van der Waals surface area contributed by atoms with Crippen LogP contribution in [0.15, 0.2) is 67.0 Å². The fraction of sp³-hybridized carbons (Fsp3) is 0.240. The van der Waals surface area contributed by atoms with Gasteiger partial charge in [0.2, 0.25) is 0 Å². The molecule has 1 saturated heterocycles. The molecule has 166 valence electrons. The fourth-order valence-corrected chi connectivity index (χ4v) is 3.63. The molecule has 1 aliphatic heterocycles. The third kappa shape index (κ3) is 5.48. The molecule has 33 heavy (non-hydrogen) atoms. The Morgan fingerprint density at radius 2 is 1.73 bits per heavy atom. The van der Waals surface area contributed by atoms with Gasteiger partial charge in [0.25, 0.3) is 0 Å². The summed E-state index contributed by atoms with van der Waals surface area (Å²) in [6, 6.07) is 17.9. The van der Waals surface area contributed by atoms with E-state index in [4.69, 9.17) is 0 Å². The minimum absolute atomic E-state index is 0.569. The molecule has 1 aliphatic rings. The Balaban J connectivity index is 1.27. The zero-order valence-corrected chi connectivity index (χ0v) is 18.5. The van der Waals surface area contributed by atoms with Crippen molar-refractivity contribution in [2.45, 2.75) is 13.3 Å². The van der Waals surface area contributed by atoms with Gasteiger partial charge in [0.15, 0.2) is 5.82 Å². The highest BCUT2D eigenvalue weighted by molar-refractivity contribution is 5.56. The summed E-state index contributed by atoms with van der Waals surface area (Å²) in [5, 5.41) is 10.1. The number of hydrogen-bond acceptors (Lipinski definition) is 8. The van der Waals surface area contributed by atoms with E-state index in [2.05, 4.69) is 65.1 Å². The second-order valence-corrected chi connectivity index (χ2v) is 8.20. The summed E-state index contributed by atoms with van der Waals surface area (Å²) < 4.78 is 0. The molecular weight excluding hydrogens is 412 g/mol. The lowest BCUT2D eigenvalue weighted by Gasteiger charge is -2.27. The first-order valence-electron chi connectivity index (χ1n) is 11.1. The second-order valence-electron chi connectivity index (χ2n) is 8.20. The Labute approximate surface area is 193 Å². The summed E-state index contributed by atoms with van der Waals surface area (Å²) in [7, 11) is 0. The highest BCUT2D eigenvalue weighted by atomic mass is 15.1. The average Bonchev–Trinajstić information content (AvgIpc) is 2.79. The number of benzene rings is 1. The van der Waals surface area contributed by atoms with Crippen LogP contribution in [0.25, 0.3) is 11.5 Å². The molecule has 1 fully saturated rings. The first-order valence-corrected chi connectivity index (χ1v) is 11.1. The molecule has 0 radical (unpaired) electrons. The van der Waals surface area contributed by atoms with Gasteiger partial charge in [-0.05, 0) is 48.9 Å². The summed E-state index contributed by atoms with van der Waals surface area (Å²) >= 11 is 0. The lowest BCUT2D eigenvalue weighted by atomic mass is 10.0. The second kappa shape index (κ2) is 9.70. The van der Waals surface area contributed by atoms with Gasteiger partial charge in [0.05, 0.1) is 0 Å². The number of nitrogens with zero attached hydrogens (tertiary/aromatic N) is 5. The lowest BCUT2D eigenvalue weighted by Crippen LogP contribution is -2.45. The van der Waals surface area contributed by atoms with Crippen LogP contribution in [0, 0.1) is 12.8 Å². The molecule has 4 heterocycles. The Morgan fingerprint density at radius 1 is 0.909 bits per heavy atom. The van der Waals surface area contributed by atoms with Gasteiger partial charge in [0, 0.05) is 55.7 Å². The van der Waals surface area contributed by atoms with Crippen LogP contribution in [0.4, 0.5) is 17.3 Å². The molecule has 0 amide bonds. The van der Waals surface area contributed by atoms with E-state index >= 15 is 0 Å². The maximum absolute atomic E-state index is 4.68. The number of nitrogens with one attached hydrogen (secondary N) is 3. The number of pyridine rings is 1. The average molecular weight is 439 g/mol. The number of aromatic nitrogens is 5. The highest BCUT2D eigenvalue weighted by Gasteiger charge is 2.15. The lowest BCUT2D eigenvalue weighted by molar-refractivity contribution is 0.365. The van der Waals surface area contributed by atoms with Crippen molar-refractivity contribution < 1.29 is 0 Å². The van der Waals surface area contributed by atoms with Gasteiger partial charge >= 0.3 is 0 Å². The first kappa shape index (κ1) is 21.0. The monoisotopic (exact) mass is 438 g/mol. The maximum atomic E-state index is 4.68. The summed E-state index contributed by atoms with van der Waals surface area (Å²) in [5.74, 6) is 3.37. The van der Waals surface area contributed by atoms with Crippen molar-refractivity contribution in [2.24, 2.45) is 5.92 Å². The minimum atomic E-state index is 0.569. The van der Waals surface area contributed by atoms with Gasteiger partial charge in [-0.2, -0.15) is 0 Å². The summed E-state index contributed by atoms with van der Waals surface area (Å²) in [5.41, 5.74) is 3.96. The molecule has 8 nitrogen and oxygen atoms in total. The SMILES string of the molecule is Cc1cccc(-c2nccc(Nc3ccnc(Cc4cccc(NCC5CNC5)c4)n3)n2)n1. The van der Waals surface area contributed by atoms with Crippen molar-refractivity contribution in [3.63, 3.8) is 0 Å². The van der Waals surface area contributed by atoms with Crippen LogP contribution in [0.2, 0.25) is 0 Å². The predicted octanol–water partition coefficient (Wildman–Crippen LogP) is 3.60. The van der Waals surface area contributed by atoms with Crippen molar-refractivity contribution in [1.29, 1.82) is 0 Å². The summed E-state index contributed by atoms with van der Waals surface area (Å²) in [6.45, 7) is 5.13. The molecule has 0 bridgehead atoms. The van der Waals surface area contributed by atoms with Crippen molar-refractivity contribution in [1.82, 2.24) is 30.2 Å². The Bertz CT molecular complexity index is 1240. The largest absolute Gasteiger partial charge is 0.385 e. The van der Waals surface area contributed by atoms with E-state index in [0.717, 1.165) is 42.5 Å². The van der Waals surface area contributed by atoms with Crippen LogP contribution in [0.3, 0.4) is 0 Å². The number of hydrogen-bond donors (Lipinski definition) is 3. The molecule has 0 aliphatic carbocycles. The van der Waals surface area contributed by atoms with Gasteiger partial charge in [0.1, 0.15) is 23.2 Å². The molecule has 0 spiro atoms. The minimum Gasteiger partial charge on any atom is -0.385 e. The van der Waals surface area contributed by atoms with Crippen LogP contribution >= 0.6 is 0 Å². The van der Waals surface area contributed by atoms with Gasteiger partial charge < -0.3 is 16.0 Å². The third-order valence-electron chi connectivity index (χ3n) is 5.48. The van der Waals surface area contributed by atoms with Crippen LogP contribution in [-0.2, 0) is 6.42 Å². The summed E-state index contributed by atoms with van der Waals surface area (Å²) in [4.78, 5) is 22.6. The zero-order chi connectivity index (χ0) is 22.5. The van der Waals surface area contributed by atoms with E-state index in [1.807, 2.05) is 37.3 Å². The number of rotatable bonds is 8. The number of anilines is 3. The van der Waals surface area contributed by atoms with Crippen LogP contribution in [-0.4, -0.2) is 44.6 Å². The molecular formula is C25H26N8. The molecule has 3 N–H and O–H groups in total. The molecule has 1 aromatic carbocycles. The van der Waals surface area contributed by atoms with Crippen molar-refractivity contribution in [3.05, 3.63) is 84.1 Å². The molecule has 0 saturated carbocycles. The predicted molar refractivity (Wildman–Crippen MR) is 129 cm³/mol. The smallest absolute Gasteiger partial charge is 0.180 e. The number of aryl methyl sites for hydroxylation is 1. The van der Waals surface area contributed by atoms with E-state index in [0.29, 0.717) is 29.8 Å². The van der Waals surface area contributed by atoms with Gasteiger partial charge in [-0.1, -0.05) is 18.2 Å². The quantitative estimate of drug-likeness (QED) is 0.384. The van der Waals surface area contributed by atoms with Crippen LogP contribution in [0.5, 0.6) is 0 Å². The Hall–Kier alpha value is -3.91. The molecule has 8 heteroatoms. The van der Waals surface area contributed by atoms with Gasteiger partial charge in [-0.15, -0.1) is 0 Å². The van der Waals surface area contributed by atoms with Crippen molar-refractivity contribution >= 4 is 17.3 Å². The van der Waals surface area contributed by atoms with Crippen molar-refractivity contribution in [2.75, 3.05) is 30.3 Å². The maximum Gasteiger partial charge on any atom is 0.180 e. The van der Waals surface area contributed by atoms with Gasteiger partial charge in [-0.25, -0.2) is 24.9 Å². The van der Waals surface area contributed by atoms with E-state index in [-0.39, 0.29) is 0 Å². The molecule has 4 aromatic rings. The normalized spacial score (nSPS) is 13.4. The molecule has 3 aromatic heterocycles. The van der Waals surface area contributed by atoms with Crippen LogP contribution < -0.4 is 16.0 Å². The topological polar surface area (TPSA) is 101 Å². The first-order chi connectivity index (χ1) is 16.2. The Kier molecular flexibility index (Phi) is 6.16. The third-order valence-corrected chi connectivity index (χ3v) is 5.48. The highest BCUT2D eigenvalue weighted by Crippen LogP contribution is 2.18. The van der Waals surface area contributed by atoms with E-state index in [1.54, 1.807) is 12.4 Å². The molecule has 0 atom stereocenters. The van der Waals surface area contributed by atoms with Crippen molar-refractivity contribution in [3.8, 4) is 11.5 Å². The standard InChI is InChI=1S/C25H26N8/c1-17-4-2-7-21(30-17)25-28-11-9-23(33-25)31-22-8-10-27-24(32-22)13-18-5-3-6-20(12-18)29-16-19-14-26-15-19/h2-12,19,26,29H,13-16H2,1H3,(H,27,28,31,32,33). The van der Waals surface area contributed by atoms with E-state index in [1.165, 1.54) is 5.56 Å². The van der Waals surface area contributed by atoms with Crippen LogP contribution in [0.1, 0.15) is 17.1 Å². The molecule has 0 unspecified atom stereocenters. The summed E-state index contributed by atoms with van der Waals surface area (Å²) in [6.07, 6.45) is 4.13. The van der Waals surface area contributed by atoms with E-state index < -0.39 is 0 Å². The zero-order valence-electron chi connectivity index (χ0n) is 18.5. The Morgan fingerprint density at radius 3 is 2.55 bits per heavy atom. The van der Waals surface area contributed by atoms with Gasteiger partial charge in [-0.3, -0.25) is 0 Å².